The fourth-order valence-electron chi connectivity index (χ4n) is 4.16. The van der Waals surface area contributed by atoms with E-state index < -0.39 is 0 Å². The van der Waals surface area contributed by atoms with Crippen LogP contribution in [-0.4, -0.2) is 51.8 Å². The molecule has 3 N–H and O–H groups in total. The smallest absolute Gasteiger partial charge is 0.223 e. The number of ether oxygens (including phenoxy) is 2. The summed E-state index contributed by atoms with van der Waals surface area (Å²) in [6, 6.07) is 6.73. The van der Waals surface area contributed by atoms with E-state index in [1.54, 1.807) is 21.3 Å². The van der Waals surface area contributed by atoms with Crippen LogP contribution in [0.2, 0.25) is 0 Å². The number of nitrogens with one attached hydrogen (secondary N) is 3. The molecule has 1 aromatic carbocycles. The van der Waals surface area contributed by atoms with Crippen molar-refractivity contribution in [2.24, 2.45) is 10.9 Å². The van der Waals surface area contributed by atoms with Crippen LogP contribution in [0.5, 0.6) is 11.5 Å². The Bertz CT molecular complexity index is 789. The van der Waals surface area contributed by atoms with Crippen molar-refractivity contribution in [1.82, 2.24) is 16.0 Å². The third-order valence-electron chi connectivity index (χ3n) is 6.40. The molecule has 0 heterocycles. The molecule has 0 spiro atoms. The van der Waals surface area contributed by atoms with Gasteiger partial charge in [-0.3, -0.25) is 9.79 Å². The van der Waals surface area contributed by atoms with Crippen LogP contribution < -0.4 is 25.4 Å². The lowest BCUT2D eigenvalue weighted by Gasteiger charge is -2.32. The standard InChI is InChI=1S/C24H38N4O3/c1-24(2,17-9-12-20(30-4)21(14-17)31-5)15-26-23(25-3)28-19-8-6-7-16(13-19)22(29)27-18-10-11-18/h9,12,14,16,18-19H,6-8,10-11,13,15H2,1-5H3,(H,27,29)(H2,25,26,28). The summed E-state index contributed by atoms with van der Waals surface area (Å²) in [4.78, 5) is 16.9. The van der Waals surface area contributed by atoms with Gasteiger partial charge in [0, 0.05) is 37.0 Å². The van der Waals surface area contributed by atoms with Gasteiger partial charge in [0.25, 0.3) is 0 Å². The molecule has 7 heteroatoms. The molecular weight excluding hydrogens is 392 g/mol. The van der Waals surface area contributed by atoms with E-state index >= 15 is 0 Å². The molecule has 2 atom stereocenters. The molecule has 0 radical (unpaired) electrons. The Balaban J connectivity index is 1.55. The van der Waals surface area contributed by atoms with Gasteiger partial charge in [-0.25, -0.2) is 0 Å². The van der Waals surface area contributed by atoms with E-state index in [0.717, 1.165) is 61.5 Å². The maximum Gasteiger partial charge on any atom is 0.223 e. The van der Waals surface area contributed by atoms with Crippen LogP contribution >= 0.6 is 0 Å². The number of nitrogens with zero attached hydrogens (tertiary/aromatic N) is 1. The Morgan fingerprint density at radius 3 is 2.45 bits per heavy atom. The molecule has 1 aromatic rings. The number of hydrogen-bond donors (Lipinski definition) is 3. The van der Waals surface area contributed by atoms with Crippen molar-refractivity contribution in [3.8, 4) is 11.5 Å². The molecule has 0 bridgehead atoms. The van der Waals surface area contributed by atoms with Crippen LogP contribution in [0.25, 0.3) is 0 Å². The van der Waals surface area contributed by atoms with E-state index in [9.17, 15) is 4.79 Å². The largest absolute Gasteiger partial charge is 0.493 e. The predicted molar refractivity (Wildman–Crippen MR) is 124 cm³/mol. The molecule has 7 nitrogen and oxygen atoms in total. The van der Waals surface area contributed by atoms with E-state index in [0.29, 0.717) is 12.6 Å². The SMILES string of the molecule is CN=C(NCC(C)(C)c1ccc(OC)c(OC)c1)NC1CCCC(C(=O)NC2CC2)C1. The zero-order valence-electron chi connectivity index (χ0n) is 19.6. The Morgan fingerprint density at radius 2 is 1.81 bits per heavy atom. The molecule has 1 amide bonds. The lowest BCUT2D eigenvalue weighted by molar-refractivity contribution is -0.126. The highest BCUT2D eigenvalue weighted by atomic mass is 16.5. The third kappa shape index (κ3) is 6.28. The first kappa shape index (κ1) is 23.2. The quantitative estimate of drug-likeness (QED) is 0.436. The van der Waals surface area contributed by atoms with Crippen molar-refractivity contribution in [2.45, 2.75) is 69.9 Å². The lowest BCUT2D eigenvalue weighted by atomic mass is 9.84. The fourth-order valence-corrected chi connectivity index (χ4v) is 4.16. The minimum absolute atomic E-state index is 0.105. The van der Waals surface area contributed by atoms with Gasteiger partial charge in [0.2, 0.25) is 5.91 Å². The number of rotatable bonds is 8. The summed E-state index contributed by atoms with van der Waals surface area (Å²) in [6.07, 6.45) is 6.23. The Kier molecular flexibility index (Phi) is 7.68. The van der Waals surface area contributed by atoms with Crippen LogP contribution in [0.3, 0.4) is 0 Å². The van der Waals surface area contributed by atoms with Crippen LogP contribution in [-0.2, 0) is 10.2 Å². The maximum atomic E-state index is 12.5. The summed E-state index contributed by atoms with van der Waals surface area (Å²) in [6.45, 7) is 5.08. The minimum Gasteiger partial charge on any atom is -0.493 e. The average Bonchev–Trinajstić information content (AvgIpc) is 3.60. The first-order valence-corrected chi connectivity index (χ1v) is 11.4. The van der Waals surface area contributed by atoms with Crippen LogP contribution in [0.1, 0.15) is 57.9 Å². The highest BCUT2D eigenvalue weighted by molar-refractivity contribution is 5.81. The van der Waals surface area contributed by atoms with Gasteiger partial charge in [0.05, 0.1) is 14.2 Å². The zero-order chi connectivity index (χ0) is 22.4. The van der Waals surface area contributed by atoms with Gasteiger partial charge in [-0.05, 0) is 49.8 Å². The molecule has 2 saturated carbocycles. The fraction of sp³-hybridized carbons (Fsp3) is 0.667. The van der Waals surface area contributed by atoms with Gasteiger partial charge in [0.15, 0.2) is 17.5 Å². The molecule has 31 heavy (non-hydrogen) atoms. The topological polar surface area (TPSA) is 84.0 Å². The van der Waals surface area contributed by atoms with Crippen molar-refractivity contribution in [1.29, 1.82) is 0 Å². The monoisotopic (exact) mass is 430 g/mol. The lowest BCUT2D eigenvalue weighted by Crippen LogP contribution is -2.49. The Morgan fingerprint density at radius 1 is 1.06 bits per heavy atom. The summed E-state index contributed by atoms with van der Waals surface area (Å²) in [5.41, 5.74) is 1.01. The van der Waals surface area contributed by atoms with Crippen LogP contribution in [0, 0.1) is 5.92 Å². The normalized spacial score (nSPS) is 21.9. The second kappa shape index (κ2) is 10.2. The van der Waals surface area contributed by atoms with Crippen LogP contribution in [0.15, 0.2) is 23.2 Å². The summed E-state index contributed by atoms with van der Waals surface area (Å²) in [5, 5.41) is 10.2. The predicted octanol–water partition coefficient (Wildman–Crippen LogP) is 2.98. The number of carbonyl (C=O) groups is 1. The Labute approximate surface area is 186 Å². The van der Waals surface area contributed by atoms with Gasteiger partial charge in [-0.15, -0.1) is 0 Å². The number of aliphatic imine (C=N–C) groups is 1. The second-order valence-corrected chi connectivity index (χ2v) is 9.37. The van der Waals surface area contributed by atoms with E-state index in [1.165, 1.54) is 0 Å². The van der Waals surface area contributed by atoms with Gasteiger partial charge in [-0.2, -0.15) is 0 Å². The van der Waals surface area contributed by atoms with Crippen molar-refractivity contribution in [2.75, 3.05) is 27.8 Å². The van der Waals surface area contributed by atoms with Crippen molar-refractivity contribution in [3.63, 3.8) is 0 Å². The summed E-state index contributed by atoms with van der Waals surface area (Å²) >= 11 is 0. The number of benzene rings is 1. The van der Waals surface area contributed by atoms with Gasteiger partial charge >= 0.3 is 0 Å². The van der Waals surface area contributed by atoms with E-state index in [1.807, 2.05) is 12.1 Å². The molecule has 2 aliphatic rings. The first-order chi connectivity index (χ1) is 14.9. The minimum atomic E-state index is -0.142. The molecule has 0 aliphatic heterocycles. The maximum absolute atomic E-state index is 12.5. The van der Waals surface area contributed by atoms with Crippen LogP contribution in [0.4, 0.5) is 0 Å². The highest BCUT2D eigenvalue weighted by Gasteiger charge is 2.31. The summed E-state index contributed by atoms with van der Waals surface area (Å²) in [7, 11) is 5.09. The first-order valence-electron chi connectivity index (χ1n) is 11.4. The van der Waals surface area contributed by atoms with Gasteiger partial charge in [-0.1, -0.05) is 26.3 Å². The van der Waals surface area contributed by atoms with Crippen molar-refractivity contribution in [3.05, 3.63) is 23.8 Å². The molecule has 2 aliphatic carbocycles. The zero-order valence-corrected chi connectivity index (χ0v) is 19.6. The molecular formula is C24H38N4O3. The van der Waals surface area contributed by atoms with Crippen molar-refractivity contribution >= 4 is 11.9 Å². The average molecular weight is 431 g/mol. The molecule has 172 valence electrons. The van der Waals surface area contributed by atoms with E-state index in [2.05, 4.69) is 40.9 Å². The van der Waals surface area contributed by atoms with Gasteiger partial charge in [0.1, 0.15) is 0 Å². The molecule has 0 saturated heterocycles. The number of carbonyl (C=O) groups excluding carboxylic acids is 1. The summed E-state index contributed by atoms with van der Waals surface area (Å²) < 4.78 is 10.8. The number of amides is 1. The number of hydrogen-bond acceptors (Lipinski definition) is 4. The molecule has 0 aromatic heterocycles. The molecule has 2 fully saturated rings. The Hall–Kier alpha value is -2.44. The molecule has 2 unspecified atom stereocenters. The number of methoxy groups -OCH3 is 2. The molecule has 3 rings (SSSR count). The number of guanidine groups is 1. The third-order valence-corrected chi connectivity index (χ3v) is 6.40. The summed E-state index contributed by atoms with van der Waals surface area (Å²) in [5.74, 6) is 2.57. The highest BCUT2D eigenvalue weighted by Crippen LogP contribution is 2.33. The van der Waals surface area contributed by atoms with Gasteiger partial charge < -0.3 is 25.4 Å². The second-order valence-electron chi connectivity index (χ2n) is 9.37. The van der Waals surface area contributed by atoms with Crippen molar-refractivity contribution < 1.29 is 14.3 Å². The van der Waals surface area contributed by atoms with E-state index in [4.69, 9.17) is 9.47 Å². The van der Waals surface area contributed by atoms with E-state index in [-0.39, 0.29) is 23.3 Å².